The second kappa shape index (κ2) is 7.52. The average Bonchev–Trinajstić information content (AvgIpc) is 1.90. The van der Waals surface area contributed by atoms with Crippen LogP contribution in [-0.4, -0.2) is 35.0 Å². The Hall–Kier alpha value is 0.412. The fourth-order valence-electron chi connectivity index (χ4n) is 0.553. The van der Waals surface area contributed by atoms with E-state index in [1.807, 2.05) is 20.8 Å². The molecule has 0 fully saturated rings. The molecule has 0 atom stereocenters. The first-order valence-electron chi connectivity index (χ1n) is 3.69. The van der Waals surface area contributed by atoms with Gasteiger partial charge in [0.2, 0.25) is 0 Å². The van der Waals surface area contributed by atoms with E-state index in [1.54, 1.807) is 0 Å². The Morgan fingerprint density at radius 3 is 1.30 bits per heavy atom. The summed E-state index contributed by atoms with van der Waals surface area (Å²) >= 11 is -1.73. The van der Waals surface area contributed by atoms with Crippen molar-refractivity contribution in [1.29, 1.82) is 0 Å². The summed E-state index contributed by atoms with van der Waals surface area (Å²) in [4.78, 5) is 0. The van der Waals surface area contributed by atoms with Crippen LogP contribution in [0, 0.1) is 0 Å². The summed E-state index contributed by atoms with van der Waals surface area (Å²) in [6.07, 6.45) is 0. The minimum Gasteiger partial charge on any atom is -0.455 e. The monoisotopic (exact) mass is 162 g/mol. The maximum Gasteiger partial charge on any atom is 0.905 e. The van der Waals surface area contributed by atoms with Crippen molar-refractivity contribution in [2.45, 2.75) is 20.8 Å². The van der Waals surface area contributed by atoms with Crippen molar-refractivity contribution in [3.63, 3.8) is 0 Å². The highest BCUT2D eigenvalue weighted by Crippen LogP contribution is 1.90. The van der Waals surface area contributed by atoms with Crippen molar-refractivity contribution in [3.8, 4) is 0 Å². The topological polar surface area (TPSA) is 27.7 Å². The molecule has 0 aliphatic carbocycles. The zero-order valence-electron chi connectivity index (χ0n) is 6.92. The quantitative estimate of drug-likeness (QED) is 0.547. The Kier molecular flexibility index (Phi) is 7.83. The second-order valence-electron chi connectivity index (χ2n) is 1.65. The molecule has 0 bridgehead atoms. The first-order valence-corrected chi connectivity index (χ1v) is 5.11. The van der Waals surface area contributed by atoms with E-state index in [4.69, 9.17) is 11.4 Å². The smallest absolute Gasteiger partial charge is 0.455 e. The highest BCUT2D eigenvalue weighted by Gasteiger charge is 2.28. The zero-order chi connectivity index (χ0) is 7.82. The normalized spacial score (nSPS) is 9.90. The Morgan fingerprint density at radius 1 is 0.800 bits per heavy atom. The van der Waals surface area contributed by atoms with Crippen LogP contribution in [0.2, 0.25) is 0 Å². The van der Waals surface area contributed by atoms with Crippen LogP contribution < -0.4 is 0 Å². The molecule has 0 saturated carbocycles. The second-order valence-corrected chi connectivity index (χ2v) is 3.23. The minimum absolute atomic E-state index is 0.677. The van der Waals surface area contributed by atoms with Gasteiger partial charge in [0.25, 0.3) is 0 Å². The summed E-state index contributed by atoms with van der Waals surface area (Å²) in [5.41, 5.74) is 0. The molecule has 0 aliphatic heterocycles. The first-order chi connectivity index (χ1) is 4.85. The van der Waals surface area contributed by atoms with Gasteiger partial charge in [0.15, 0.2) is 0 Å². The fraction of sp³-hybridized carbons (Fsp3) is 1.00. The van der Waals surface area contributed by atoms with Crippen molar-refractivity contribution in [1.82, 2.24) is 0 Å². The molecule has 3 nitrogen and oxygen atoms in total. The molecule has 0 aromatic heterocycles. The van der Waals surface area contributed by atoms with Gasteiger partial charge in [-0.1, -0.05) is 0 Å². The molecule has 0 radical (unpaired) electrons. The third-order valence-electron chi connectivity index (χ3n) is 0.908. The van der Waals surface area contributed by atoms with Crippen molar-refractivity contribution in [3.05, 3.63) is 0 Å². The van der Waals surface area contributed by atoms with E-state index >= 15 is 0 Å². The van der Waals surface area contributed by atoms with Gasteiger partial charge >= 0.3 is 15.1 Å². The van der Waals surface area contributed by atoms with Crippen LogP contribution in [0.5, 0.6) is 0 Å². The fourth-order valence-corrected chi connectivity index (χ4v) is 1.66. The highest BCUT2D eigenvalue weighted by atomic mass is 27.3. The summed E-state index contributed by atoms with van der Waals surface area (Å²) in [7, 11) is 0. The molecule has 0 heterocycles. The largest absolute Gasteiger partial charge is 0.905 e. The van der Waals surface area contributed by atoms with Crippen molar-refractivity contribution in [2.75, 3.05) is 19.8 Å². The molecular formula is C6H15AlO3. The minimum atomic E-state index is -1.73. The molecule has 0 rings (SSSR count). The van der Waals surface area contributed by atoms with Gasteiger partial charge in [-0.25, -0.2) is 0 Å². The lowest BCUT2D eigenvalue weighted by Crippen LogP contribution is -2.27. The lowest BCUT2D eigenvalue weighted by Gasteiger charge is -2.08. The van der Waals surface area contributed by atoms with Gasteiger partial charge in [0.05, 0.1) is 0 Å². The molecule has 0 aromatic carbocycles. The van der Waals surface area contributed by atoms with Gasteiger partial charge in [-0.15, -0.1) is 0 Å². The molecule has 0 saturated heterocycles. The Balaban J connectivity index is 3.30. The van der Waals surface area contributed by atoms with Crippen LogP contribution in [0.4, 0.5) is 0 Å². The molecule has 0 aliphatic rings. The van der Waals surface area contributed by atoms with Gasteiger partial charge in [-0.2, -0.15) is 0 Å². The van der Waals surface area contributed by atoms with Gasteiger partial charge < -0.3 is 11.4 Å². The third-order valence-corrected chi connectivity index (χ3v) is 2.72. The Bertz CT molecular complexity index is 55.7. The summed E-state index contributed by atoms with van der Waals surface area (Å²) in [6.45, 7) is 7.86. The summed E-state index contributed by atoms with van der Waals surface area (Å²) in [6, 6.07) is 0. The maximum absolute atomic E-state index is 5.22. The summed E-state index contributed by atoms with van der Waals surface area (Å²) < 4.78 is 15.7. The van der Waals surface area contributed by atoms with Crippen LogP contribution in [-0.2, 0) is 11.4 Å². The zero-order valence-corrected chi connectivity index (χ0v) is 8.08. The van der Waals surface area contributed by atoms with E-state index in [9.17, 15) is 0 Å². The lowest BCUT2D eigenvalue weighted by molar-refractivity contribution is 0.107. The number of rotatable bonds is 6. The van der Waals surface area contributed by atoms with Crippen LogP contribution >= 0.6 is 0 Å². The van der Waals surface area contributed by atoms with Gasteiger partial charge in [0, 0.05) is 19.8 Å². The number of hydrogen-bond donors (Lipinski definition) is 0. The molecule has 4 heteroatoms. The maximum atomic E-state index is 5.22. The predicted molar refractivity (Wildman–Crippen MR) is 40.6 cm³/mol. The molecular weight excluding hydrogens is 147 g/mol. The number of hydrogen-bond acceptors (Lipinski definition) is 3. The van der Waals surface area contributed by atoms with Crippen LogP contribution in [0.1, 0.15) is 20.8 Å². The highest BCUT2D eigenvalue weighted by molar-refractivity contribution is 6.36. The molecule has 0 N–H and O–H groups in total. The molecule has 0 unspecified atom stereocenters. The van der Waals surface area contributed by atoms with E-state index in [0.29, 0.717) is 19.8 Å². The van der Waals surface area contributed by atoms with Crippen LogP contribution in [0.15, 0.2) is 0 Å². The summed E-state index contributed by atoms with van der Waals surface area (Å²) in [5.74, 6) is 0. The van der Waals surface area contributed by atoms with Gasteiger partial charge in [-0.05, 0) is 20.8 Å². The third kappa shape index (κ3) is 5.22. The van der Waals surface area contributed by atoms with E-state index in [1.165, 1.54) is 0 Å². The SMILES string of the molecule is CC[O][Al]([O]CC)[O]CC. The Labute approximate surface area is 67.7 Å². The van der Waals surface area contributed by atoms with Crippen molar-refractivity contribution in [2.24, 2.45) is 0 Å². The molecule has 10 heavy (non-hydrogen) atoms. The average molecular weight is 162 g/mol. The van der Waals surface area contributed by atoms with Crippen molar-refractivity contribution < 1.29 is 11.4 Å². The van der Waals surface area contributed by atoms with Crippen LogP contribution in [0.3, 0.4) is 0 Å². The van der Waals surface area contributed by atoms with E-state index in [0.717, 1.165) is 0 Å². The van der Waals surface area contributed by atoms with Crippen LogP contribution in [0.25, 0.3) is 0 Å². The van der Waals surface area contributed by atoms with Gasteiger partial charge in [-0.3, -0.25) is 0 Å². The van der Waals surface area contributed by atoms with E-state index < -0.39 is 15.1 Å². The Morgan fingerprint density at radius 2 is 1.10 bits per heavy atom. The predicted octanol–water partition coefficient (Wildman–Crippen LogP) is 1.08. The first kappa shape index (κ1) is 10.4. The molecule has 0 aromatic rings. The standard InChI is InChI=1S/3C2H5O.Al/c3*1-2-3;/h3*2H2,1H3;/q3*-1;+3. The molecule has 0 amide bonds. The van der Waals surface area contributed by atoms with E-state index in [-0.39, 0.29) is 0 Å². The van der Waals surface area contributed by atoms with Crippen molar-refractivity contribution >= 4 is 15.1 Å². The molecule has 60 valence electrons. The summed E-state index contributed by atoms with van der Waals surface area (Å²) in [5, 5.41) is 0. The van der Waals surface area contributed by atoms with Gasteiger partial charge in [0.1, 0.15) is 0 Å². The molecule has 0 spiro atoms. The van der Waals surface area contributed by atoms with E-state index in [2.05, 4.69) is 0 Å². The lowest BCUT2D eigenvalue weighted by atomic mass is 10.9.